The zero-order chi connectivity index (χ0) is 13.8. The molecule has 0 nitrogen and oxygen atoms in total. The average molecular weight is 406 g/mol. The summed E-state index contributed by atoms with van der Waals surface area (Å²) in [5, 5.41) is 2.98. The summed E-state index contributed by atoms with van der Waals surface area (Å²) >= 11 is 0. The van der Waals surface area contributed by atoms with Gasteiger partial charge in [0.2, 0.25) is 0 Å². The largest absolute Gasteiger partial charge is 2.00 e. The molecule has 118 valence electrons. The molecule has 0 amide bonds. The van der Waals surface area contributed by atoms with Crippen molar-refractivity contribution in [3.05, 3.63) is 46.8 Å². The summed E-state index contributed by atoms with van der Waals surface area (Å²) in [5.41, 5.74) is 0. The number of halogens is 2. The second kappa shape index (κ2) is 10.8. The molecule has 0 spiro atoms. The predicted octanol–water partition coefficient (Wildman–Crippen LogP) is 5.41. The number of allylic oxidation sites excluding steroid dienone is 8. The monoisotopic (exact) mass is 404 g/mol. The van der Waals surface area contributed by atoms with Gasteiger partial charge in [-0.3, -0.25) is 21.6 Å². The Bertz CT molecular complexity index is 371. The summed E-state index contributed by atoms with van der Waals surface area (Å²) in [6, 6.07) is 0. The van der Waals surface area contributed by atoms with Gasteiger partial charge in [0.1, 0.15) is 0 Å². The van der Waals surface area contributed by atoms with Gasteiger partial charge in [0.15, 0.2) is 0 Å². The zero-order valence-electron chi connectivity index (χ0n) is 14.0. The Balaban J connectivity index is -0.000000270. The summed E-state index contributed by atoms with van der Waals surface area (Å²) in [7, 11) is -2.01. The Morgan fingerprint density at radius 1 is 0.714 bits per heavy atom. The fourth-order valence-electron chi connectivity index (χ4n) is 1.84. The first-order valence-electron chi connectivity index (χ1n) is 6.77. The first kappa shape index (κ1) is 26.1. The molecule has 2 aliphatic carbocycles. The molecule has 0 aromatic rings. The van der Waals surface area contributed by atoms with E-state index in [0.717, 1.165) is 12.8 Å². The summed E-state index contributed by atoms with van der Waals surface area (Å²) in [4.78, 5) is 0. The van der Waals surface area contributed by atoms with E-state index in [1.807, 2.05) is 0 Å². The van der Waals surface area contributed by atoms with Crippen molar-refractivity contribution in [1.29, 1.82) is 0 Å². The van der Waals surface area contributed by atoms with Gasteiger partial charge in [0, 0.05) is 16.1 Å². The fourth-order valence-corrected chi connectivity index (χ4v) is 4.34. The Hall–Kier alpha value is 0.137. The average Bonchev–Trinajstić information content (AvgIpc) is 2.91. The predicted molar refractivity (Wildman–Crippen MR) is 92.7 cm³/mol. The van der Waals surface area contributed by atoms with Crippen molar-refractivity contribution in [3.63, 3.8) is 0 Å². The third-order valence-corrected chi connectivity index (χ3v) is 6.92. The van der Waals surface area contributed by atoms with Crippen molar-refractivity contribution in [2.24, 2.45) is 0 Å². The molecule has 0 bridgehead atoms. The molecule has 0 saturated heterocycles. The Kier molecular flexibility index (Phi) is 13.4. The Morgan fingerprint density at radius 2 is 1.00 bits per heavy atom. The van der Waals surface area contributed by atoms with Crippen LogP contribution in [0.15, 0.2) is 34.7 Å². The molecule has 0 aromatic heterocycles. The van der Waals surface area contributed by atoms with Crippen molar-refractivity contribution in [1.82, 2.24) is 0 Å². The van der Waals surface area contributed by atoms with E-state index in [9.17, 15) is 0 Å². The molecule has 0 saturated carbocycles. The van der Waals surface area contributed by atoms with Gasteiger partial charge in [-0.15, -0.1) is 12.8 Å². The minimum atomic E-state index is -1.01. The van der Waals surface area contributed by atoms with Crippen LogP contribution in [0.4, 0.5) is 9.41 Å². The molecule has 2 rings (SSSR count). The minimum absolute atomic E-state index is 0. The molecule has 0 fully saturated rings. The molecular formula is C16H28F2Si2Zr. The number of rotatable bonds is 2. The third kappa shape index (κ3) is 9.70. The maximum atomic E-state index is 3.36. The molecule has 0 atom stereocenters. The standard InChI is InChI=1S/2C8H13Si.2FH.Zr/c2*1-9(2,3)8-6-4-5-7-8;;;/h2*4,6H,5H2,1-3H3;2*1H;/q2*-1;;;+2. The van der Waals surface area contributed by atoms with Crippen molar-refractivity contribution in [3.8, 4) is 0 Å². The van der Waals surface area contributed by atoms with Crippen LogP contribution in [0.1, 0.15) is 12.8 Å². The molecule has 0 radical (unpaired) electrons. The van der Waals surface area contributed by atoms with Crippen molar-refractivity contribution >= 4 is 16.1 Å². The topological polar surface area (TPSA) is 0 Å². The van der Waals surface area contributed by atoms with E-state index < -0.39 is 16.1 Å². The second-order valence-corrected chi connectivity index (χ2v) is 17.0. The van der Waals surface area contributed by atoms with Crippen LogP contribution in [0.5, 0.6) is 0 Å². The molecular weight excluding hydrogens is 378 g/mol. The molecule has 0 heterocycles. The second-order valence-electron chi connectivity index (χ2n) is 6.89. The van der Waals surface area contributed by atoms with E-state index in [-0.39, 0.29) is 35.6 Å². The van der Waals surface area contributed by atoms with Gasteiger partial charge >= 0.3 is 26.2 Å². The molecule has 21 heavy (non-hydrogen) atoms. The van der Waals surface area contributed by atoms with Crippen LogP contribution in [0.3, 0.4) is 0 Å². The fraction of sp³-hybridized carbons (Fsp3) is 0.500. The van der Waals surface area contributed by atoms with E-state index >= 15 is 0 Å². The maximum absolute atomic E-state index is 3.36. The van der Waals surface area contributed by atoms with E-state index in [0.29, 0.717) is 0 Å². The van der Waals surface area contributed by atoms with Crippen LogP contribution in [-0.4, -0.2) is 16.1 Å². The summed E-state index contributed by atoms with van der Waals surface area (Å²) < 4.78 is 0. The minimum Gasteiger partial charge on any atom is -0.274 e. The van der Waals surface area contributed by atoms with E-state index in [4.69, 9.17) is 0 Å². The normalized spacial score (nSPS) is 15.7. The van der Waals surface area contributed by atoms with Crippen LogP contribution in [0, 0.1) is 12.2 Å². The van der Waals surface area contributed by atoms with Crippen molar-refractivity contribution in [2.75, 3.05) is 0 Å². The molecule has 5 heteroatoms. The molecule has 0 aliphatic heterocycles. The summed E-state index contributed by atoms with van der Waals surface area (Å²) in [6.07, 6.45) is 17.6. The molecule has 2 aliphatic rings. The quantitative estimate of drug-likeness (QED) is 0.426. The van der Waals surface area contributed by atoms with Crippen molar-refractivity contribution in [2.45, 2.75) is 52.1 Å². The Labute approximate surface area is 150 Å². The number of hydrogen-bond donors (Lipinski definition) is 0. The Morgan fingerprint density at radius 3 is 1.10 bits per heavy atom. The van der Waals surface area contributed by atoms with Crippen LogP contribution >= 0.6 is 0 Å². The van der Waals surface area contributed by atoms with E-state index in [1.54, 1.807) is 0 Å². The maximum Gasteiger partial charge on any atom is 2.00 e. The summed E-state index contributed by atoms with van der Waals surface area (Å²) in [6.45, 7) is 14.1. The first-order valence-corrected chi connectivity index (χ1v) is 13.8. The van der Waals surface area contributed by atoms with Gasteiger partial charge in [0.05, 0.1) is 0 Å². The zero-order valence-corrected chi connectivity index (χ0v) is 18.5. The molecule has 0 N–H and O–H groups in total. The number of hydrogen-bond acceptors (Lipinski definition) is 0. The molecule has 0 unspecified atom stereocenters. The third-order valence-electron chi connectivity index (χ3n) is 3.01. The SMILES string of the molecule is C[Si](C)(C)C1=[C-]CC=C1.C[Si](C)(C)C1=[C-]CC=C1.F.F.[Zr+2]. The summed E-state index contributed by atoms with van der Waals surface area (Å²) in [5.74, 6) is 0. The van der Waals surface area contributed by atoms with Crippen molar-refractivity contribution < 1.29 is 35.6 Å². The van der Waals surface area contributed by atoms with Crippen LogP contribution < -0.4 is 0 Å². The van der Waals surface area contributed by atoms with Crippen LogP contribution in [0.2, 0.25) is 39.3 Å². The van der Waals surface area contributed by atoms with Gasteiger partial charge in [-0.25, -0.2) is 22.5 Å². The van der Waals surface area contributed by atoms with Gasteiger partial charge in [-0.05, 0) is 0 Å². The van der Waals surface area contributed by atoms with Gasteiger partial charge in [0.25, 0.3) is 0 Å². The van der Waals surface area contributed by atoms with E-state index in [1.165, 1.54) is 10.4 Å². The first-order chi connectivity index (χ1) is 8.21. The van der Waals surface area contributed by atoms with Gasteiger partial charge < -0.3 is 0 Å². The van der Waals surface area contributed by atoms with Gasteiger partial charge in [-0.2, -0.15) is 12.2 Å². The van der Waals surface area contributed by atoms with Crippen LogP contribution in [0.25, 0.3) is 0 Å². The smallest absolute Gasteiger partial charge is 0.274 e. The van der Waals surface area contributed by atoms with Crippen LogP contribution in [-0.2, 0) is 26.2 Å². The van der Waals surface area contributed by atoms with Gasteiger partial charge in [-0.1, -0.05) is 39.3 Å². The van der Waals surface area contributed by atoms with E-state index in [2.05, 4.69) is 75.7 Å². The molecule has 0 aromatic carbocycles.